The molecule has 1 aromatic carbocycles. The van der Waals surface area contributed by atoms with Crippen molar-refractivity contribution >= 4 is 17.3 Å². The number of thiophene rings is 1. The topological polar surface area (TPSA) is 44.1 Å². The number of para-hydroxylation sites is 1. The van der Waals surface area contributed by atoms with E-state index in [1.165, 1.54) is 0 Å². The van der Waals surface area contributed by atoms with Gasteiger partial charge in [-0.3, -0.25) is 0 Å². The minimum absolute atomic E-state index is 0.298. The SMILES string of the molecule is Cc1nn(-c2ccccc2)c(C)c1C(=O)OCc1cccs1. The van der Waals surface area contributed by atoms with Gasteiger partial charge >= 0.3 is 5.97 Å². The second-order valence-electron chi connectivity index (χ2n) is 4.95. The van der Waals surface area contributed by atoms with Crippen LogP contribution in [0, 0.1) is 13.8 Å². The zero-order valence-electron chi connectivity index (χ0n) is 12.4. The van der Waals surface area contributed by atoms with Gasteiger partial charge in [0.15, 0.2) is 0 Å². The molecule has 0 aliphatic carbocycles. The minimum atomic E-state index is -0.328. The minimum Gasteiger partial charge on any atom is -0.456 e. The quantitative estimate of drug-likeness (QED) is 0.686. The Kier molecular flexibility index (Phi) is 4.06. The molecule has 112 valence electrons. The van der Waals surface area contributed by atoms with E-state index in [0.29, 0.717) is 17.9 Å². The molecule has 0 saturated carbocycles. The van der Waals surface area contributed by atoms with Crippen LogP contribution in [-0.4, -0.2) is 15.7 Å². The van der Waals surface area contributed by atoms with Crippen LogP contribution in [0.4, 0.5) is 0 Å². The highest BCUT2D eigenvalue weighted by Crippen LogP contribution is 2.19. The maximum Gasteiger partial charge on any atom is 0.342 e. The molecule has 0 unspecified atom stereocenters. The summed E-state index contributed by atoms with van der Waals surface area (Å²) in [5, 5.41) is 6.43. The van der Waals surface area contributed by atoms with Crippen LogP contribution in [0.5, 0.6) is 0 Å². The third-order valence-corrected chi connectivity index (χ3v) is 4.27. The number of carbonyl (C=O) groups is 1. The second kappa shape index (κ2) is 6.15. The average molecular weight is 312 g/mol. The molecule has 0 amide bonds. The molecule has 3 aromatic rings. The lowest BCUT2D eigenvalue weighted by atomic mass is 10.2. The number of hydrogen-bond acceptors (Lipinski definition) is 4. The first-order valence-corrected chi connectivity index (χ1v) is 7.86. The summed E-state index contributed by atoms with van der Waals surface area (Å²) in [6, 6.07) is 13.6. The van der Waals surface area contributed by atoms with Crippen molar-refractivity contribution in [2.45, 2.75) is 20.5 Å². The molecule has 0 N–H and O–H groups in total. The Labute approximate surface area is 133 Å². The molecule has 0 bridgehead atoms. The first-order valence-electron chi connectivity index (χ1n) is 6.98. The van der Waals surface area contributed by atoms with Gasteiger partial charge in [0, 0.05) is 4.88 Å². The van der Waals surface area contributed by atoms with Crippen LogP contribution in [0.3, 0.4) is 0 Å². The van der Waals surface area contributed by atoms with Crippen LogP contribution in [0.1, 0.15) is 26.6 Å². The molecular formula is C17H16N2O2S. The number of esters is 1. The predicted molar refractivity (Wildman–Crippen MR) is 86.5 cm³/mol. The van der Waals surface area contributed by atoms with Crippen LogP contribution < -0.4 is 0 Å². The number of hydrogen-bond donors (Lipinski definition) is 0. The summed E-state index contributed by atoms with van der Waals surface area (Å²) in [7, 11) is 0. The van der Waals surface area contributed by atoms with Crippen molar-refractivity contribution in [2.24, 2.45) is 0 Å². The summed E-state index contributed by atoms with van der Waals surface area (Å²) in [6.07, 6.45) is 0. The largest absolute Gasteiger partial charge is 0.456 e. The van der Waals surface area contributed by atoms with E-state index in [4.69, 9.17) is 4.74 Å². The van der Waals surface area contributed by atoms with E-state index < -0.39 is 0 Å². The third kappa shape index (κ3) is 2.80. The van der Waals surface area contributed by atoms with E-state index in [0.717, 1.165) is 16.3 Å². The number of aryl methyl sites for hydroxylation is 1. The Morgan fingerprint density at radius 1 is 1.18 bits per heavy atom. The maximum atomic E-state index is 12.4. The molecule has 3 rings (SSSR count). The number of nitrogens with zero attached hydrogens (tertiary/aromatic N) is 2. The number of rotatable bonds is 4. The number of benzene rings is 1. The monoisotopic (exact) mass is 312 g/mol. The third-order valence-electron chi connectivity index (χ3n) is 3.42. The fraction of sp³-hybridized carbons (Fsp3) is 0.176. The first-order chi connectivity index (χ1) is 10.7. The molecule has 0 spiro atoms. The van der Waals surface area contributed by atoms with Crippen molar-refractivity contribution in [3.63, 3.8) is 0 Å². The maximum absolute atomic E-state index is 12.4. The standard InChI is InChI=1S/C17H16N2O2S/c1-12-16(17(20)21-11-15-9-6-10-22-15)13(2)19(18-12)14-7-4-3-5-8-14/h3-10H,11H2,1-2H3. The van der Waals surface area contributed by atoms with Gasteiger partial charge in [0.2, 0.25) is 0 Å². The van der Waals surface area contributed by atoms with Gasteiger partial charge in [0.05, 0.1) is 17.1 Å². The van der Waals surface area contributed by atoms with Crippen molar-refractivity contribution in [3.05, 3.63) is 69.7 Å². The zero-order valence-corrected chi connectivity index (χ0v) is 13.3. The van der Waals surface area contributed by atoms with Crippen molar-refractivity contribution < 1.29 is 9.53 Å². The summed E-state index contributed by atoms with van der Waals surface area (Å²) in [5.41, 5.74) is 2.94. The van der Waals surface area contributed by atoms with Crippen molar-refractivity contribution in [2.75, 3.05) is 0 Å². The summed E-state index contributed by atoms with van der Waals surface area (Å²) >= 11 is 1.57. The van der Waals surface area contributed by atoms with Crippen molar-refractivity contribution in [1.82, 2.24) is 9.78 Å². The van der Waals surface area contributed by atoms with E-state index in [9.17, 15) is 4.79 Å². The van der Waals surface area contributed by atoms with Crippen LogP contribution >= 0.6 is 11.3 Å². The van der Waals surface area contributed by atoms with E-state index in [1.54, 1.807) is 16.0 Å². The van der Waals surface area contributed by atoms with Gasteiger partial charge in [0.25, 0.3) is 0 Å². The van der Waals surface area contributed by atoms with Gasteiger partial charge < -0.3 is 4.74 Å². The summed E-state index contributed by atoms with van der Waals surface area (Å²) in [5.74, 6) is -0.328. The Hall–Kier alpha value is -2.40. The summed E-state index contributed by atoms with van der Waals surface area (Å²) < 4.78 is 7.18. The van der Waals surface area contributed by atoms with Gasteiger partial charge in [-0.25, -0.2) is 9.48 Å². The van der Waals surface area contributed by atoms with Crippen LogP contribution in [0.15, 0.2) is 47.8 Å². The fourth-order valence-corrected chi connectivity index (χ4v) is 2.98. The molecular weight excluding hydrogens is 296 g/mol. The molecule has 5 heteroatoms. The molecule has 4 nitrogen and oxygen atoms in total. The van der Waals surface area contributed by atoms with Gasteiger partial charge in [-0.1, -0.05) is 24.3 Å². The zero-order chi connectivity index (χ0) is 15.5. The second-order valence-corrected chi connectivity index (χ2v) is 5.98. The Morgan fingerprint density at radius 2 is 1.95 bits per heavy atom. The molecule has 22 heavy (non-hydrogen) atoms. The molecule has 0 aliphatic heterocycles. The molecule has 0 radical (unpaired) electrons. The highest BCUT2D eigenvalue weighted by atomic mass is 32.1. The van der Waals surface area contributed by atoms with Gasteiger partial charge in [0.1, 0.15) is 12.2 Å². The highest BCUT2D eigenvalue weighted by Gasteiger charge is 2.20. The molecule has 2 aromatic heterocycles. The molecule has 2 heterocycles. The van der Waals surface area contributed by atoms with Crippen molar-refractivity contribution in [3.8, 4) is 5.69 Å². The van der Waals surface area contributed by atoms with Gasteiger partial charge in [-0.05, 0) is 37.4 Å². The molecule has 0 fully saturated rings. The normalized spacial score (nSPS) is 10.6. The number of ether oxygens (including phenoxy) is 1. The van der Waals surface area contributed by atoms with Crippen LogP contribution in [0.2, 0.25) is 0 Å². The van der Waals surface area contributed by atoms with E-state index in [1.807, 2.05) is 61.7 Å². The Balaban J connectivity index is 1.85. The summed E-state index contributed by atoms with van der Waals surface area (Å²) in [6.45, 7) is 4.01. The average Bonchev–Trinajstić information content (AvgIpc) is 3.14. The molecule has 0 atom stereocenters. The van der Waals surface area contributed by atoms with Crippen molar-refractivity contribution in [1.29, 1.82) is 0 Å². The summed E-state index contributed by atoms with van der Waals surface area (Å²) in [4.78, 5) is 13.4. The smallest absolute Gasteiger partial charge is 0.342 e. The number of carbonyl (C=O) groups excluding carboxylic acids is 1. The molecule has 0 saturated heterocycles. The Morgan fingerprint density at radius 3 is 2.64 bits per heavy atom. The lowest BCUT2D eigenvalue weighted by Gasteiger charge is -2.05. The Bertz CT molecular complexity index is 777. The van der Waals surface area contributed by atoms with Crippen LogP contribution in [0.25, 0.3) is 5.69 Å². The highest BCUT2D eigenvalue weighted by molar-refractivity contribution is 7.09. The fourth-order valence-electron chi connectivity index (χ4n) is 2.36. The lowest BCUT2D eigenvalue weighted by Crippen LogP contribution is -2.07. The lowest BCUT2D eigenvalue weighted by molar-refractivity contribution is 0.0475. The predicted octanol–water partition coefficient (Wildman–Crippen LogP) is 3.91. The van der Waals surface area contributed by atoms with E-state index in [-0.39, 0.29) is 5.97 Å². The van der Waals surface area contributed by atoms with Crippen LogP contribution in [-0.2, 0) is 11.3 Å². The molecule has 0 aliphatic rings. The van der Waals surface area contributed by atoms with E-state index in [2.05, 4.69) is 5.10 Å². The first kappa shape index (κ1) is 14.5. The van der Waals surface area contributed by atoms with E-state index >= 15 is 0 Å². The number of aromatic nitrogens is 2. The van der Waals surface area contributed by atoms with Gasteiger partial charge in [-0.2, -0.15) is 5.10 Å². The van der Waals surface area contributed by atoms with Gasteiger partial charge in [-0.15, -0.1) is 11.3 Å².